The number of benzene rings is 1. The van der Waals surface area contributed by atoms with Gasteiger partial charge in [0, 0.05) is 5.92 Å². The monoisotopic (exact) mass is 362 g/mol. The molecule has 1 saturated heterocycles. The molecule has 0 aromatic heterocycles. The van der Waals surface area contributed by atoms with Gasteiger partial charge in [-0.05, 0) is 25.5 Å². The Labute approximate surface area is 135 Å². The topological polar surface area (TPSA) is 104 Å². The summed E-state index contributed by atoms with van der Waals surface area (Å²) in [5, 5.41) is -1.36. The molecule has 0 amide bonds. The first-order valence-corrected chi connectivity index (χ1v) is 10.3. The highest BCUT2D eigenvalue weighted by Crippen LogP contribution is 2.34. The molecule has 1 aliphatic heterocycles. The minimum atomic E-state index is -3.92. The molecule has 1 aromatic rings. The van der Waals surface area contributed by atoms with E-state index in [1.165, 1.54) is 12.1 Å². The van der Waals surface area contributed by atoms with Crippen molar-refractivity contribution in [1.82, 2.24) is 0 Å². The van der Waals surface area contributed by atoms with Gasteiger partial charge >= 0.3 is 5.97 Å². The number of carbonyl (C=O) groups is 1. The molecule has 1 heterocycles. The number of cyclic esters (lactones) is 1. The second-order valence-corrected chi connectivity index (χ2v) is 9.11. The number of rotatable bonds is 6. The highest BCUT2D eigenvalue weighted by Gasteiger charge is 2.50. The molecule has 0 unspecified atom stereocenters. The summed E-state index contributed by atoms with van der Waals surface area (Å²) in [6, 6.07) is 7.63. The standard InChI is InChI=1S/C14H18O7S2/c1-10-12(8-9-20-22(2,16)17)13(14(15)21-10)23(18,19)11-6-4-3-5-7-11/h3-7,10,12-13H,8-9H2,1-2H3/t10-,12-,13+/m1/s1. The van der Waals surface area contributed by atoms with Crippen LogP contribution in [0.2, 0.25) is 0 Å². The summed E-state index contributed by atoms with van der Waals surface area (Å²) >= 11 is 0. The minimum absolute atomic E-state index is 0.0325. The lowest BCUT2D eigenvalue weighted by Crippen LogP contribution is -2.34. The molecule has 0 aliphatic carbocycles. The number of hydrogen-bond acceptors (Lipinski definition) is 7. The SMILES string of the molecule is C[C@H]1OC(=O)[C@@H](S(=O)(=O)c2ccccc2)[C@@H]1CCOS(C)(=O)=O. The molecule has 0 spiro atoms. The van der Waals surface area contributed by atoms with Crippen LogP contribution in [-0.4, -0.2) is 47.0 Å². The van der Waals surface area contributed by atoms with Gasteiger partial charge in [-0.2, -0.15) is 8.42 Å². The third kappa shape index (κ3) is 4.10. The van der Waals surface area contributed by atoms with Crippen molar-refractivity contribution < 1.29 is 30.6 Å². The smallest absolute Gasteiger partial charge is 0.325 e. The molecule has 1 aliphatic rings. The van der Waals surface area contributed by atoms with Crippen molar-refractivity contribution >= 4 is 25.9 Å². The van der Waals surface area contributed by atoms with Crippen molar-refractivity contribution in [2.75, 3.05) is 12.9 Å². The summed E-state index contributed by atoms with van der Waals surface area (Å²) in [4.78, 5) is 12.0. The van der Waals surface area contributed by atoms with E-state index in [1.807, 2.05) is 0 Å². The molecule has 0 bridgehead atoms. The van der Waals surface area contributed by atoms with Crippen molar-refractivity contribution in [3.05, 3.63) is 30.3 Å². The molecule has 0 N–H and O–H groups in total. The van der Waals surface area contributed by atoms with E-state index in [-0.39, 0.29) is 17.9 Å². The second kappa shape index (κ2) is 6.58. The first kappa shape index (κ1) is 17.9. The maximum atomic E-state index is 12.7. The molecule has 1 fully saturated rings. The van der Waals surface area contributed by atoms with Gasteiger partial charge < -0.3 is 4.74 Å². The van der Waals surface area contributed by atoms with E-state index in [9.17, 15) is 21.6 Å². The summed E-state index contributed by atoms with van der Waals surface area (Å²) in [7, 11) is -7.54. The van der Waals surface area contributed by atoms with Crippen molar-refractivity contribution in [2.45, 2.75) is 29.6 Å². The molecule has 23 heavy (non-hydrogen) atoms. The van der Waals surface area contributed by atoms with E-state index in [0.717, 1.165) is 6.26 Å². The number of ether oxygens (including phenoxy) is 1. The van der Waals surface area contributed by atoms with Crippen LogP contribution >= 0.6 is 0 Å². The molecule has 7 nitrogen and oxygen atoms in total. The Morgan fingerprint density at radius 3 is 2.30 bits per heavy atom. The fraction of sp³-hybridized carbons (Fsp3) is 0.500. The maximum absolute atomic E-state index is 12.7. The quantitative estimate of drug-likeness (QED) is 0.543. The Morgan fingerprint density at radius 2 is 1.74 bits per heavy atom. The number of carbonyl (C=O) groups excluding carboxylic acids is 1. The Kier molecular flexibility index (Phi) is 5.12. The first-order chi connectivity index (χ1) is 10.6. The fourth-order valence-electron chi connectivity index (χ4n) is 2.59. The van der Waals surface area contributed by atoms with Crippen LogP contribution in [0, 0.1) is 5.92 Å². The van der Waals surface area contributed by atoms with Crippen LogP contribution in [0.25, 0.3) is 0 Å². The number of hydrogen-bond donors (Lipinski definition) is 0. The summed E-state index contributed by atoms with van der Waals surface area (Å²) in [5.74, 6) is -1.49. The van der Waals surface area contributed by atoms with Gasteiger partial charge in [0.2, 0.25) is 0 Å². The van der Waals surface area contributed by atoms with Crippen LogP contribution in [0.3, 0.4) is 0 Å². The van der Waals surface area contributed by atoms with Crippen molar-refractivity contribution in [3.8, 4) is 0 Å². The zero-order valence-corrected chi connectivity index (χ0v) is 14.3. The Hall–Kier alpha value is -1.45. The minimum Gasteiger partial charge on any atom is -0.461 e. The van der Waals surface area contributed by atoms with Crippen LogP contribution in [0.1, 0.15) is 13.3 Å². The third-order valence-corrected chi connectivity index (χ3v) is 6.42. The second-order valence-electron chi connectivity index (χ2n) is 5.40. The lowest BCUT2D eigenvalue weighted by molar-refractivity contribution is -0.140. The van der Waals surface area contributed by atoms with E-state index in [0.29, 0.717) is 0 Å². The summed E-state index contributed by atoms with van der Waals surface area (Å²) in [5.41, 5.74) is 0. The average molecular weight is 362 g/mol. The van der Waals surface area contributed by atoms with Gasteiger partial charge in [0.15, 0.2) is 15.1 Å². The van der Waals surface area contributed by atoms with Crippen LogP contribution < -0.4 is 0 Å². The highest BCUT2D eigenvalue weighted by atomic mass is 32.2. The van der Waals surface area contributed by atoms with Gasteiger partial charge in [0.25, 0.3) is 10.1 Å². The Morgan fingerprint density at radius 1 is 1.13 bits per heavy atom. The van der Waals surface area contributed by atoms with E-state index < -0.39 is 43.2 Å². The van der Waals surface area contributed by atoms with E-state index in [2.05, 4.69) is 4.18 Å². The van der Waals surface area contributed by atoms with Crippen molar-refractivity contribution in [3.63, 3.8) is 0 Å². The molecular formula is C14H18O7S2. The predicted molar refractivity (Wildman–Crippen MR) is 81.9 cm³/mol. The number of esters is 1. The van der Waals surface area contributed by atoms with Gasteiger partial charge in [0.1, 0.15) is 6.10 Å². The lowest BCUT2D eigenvalue weighted by atomic mass is 9.99. The van der Waals surface area contributed by atoms with Gasteiger partial charge in [-0.25, -0.2) is 8.42 Å². The molecule has 0 saturated carbocycles. The average Bonchev–Trinajstić information content (AvgIpc) is 2.73. The molecule has 128 valence electrons. The van der Waals surface area contributed by atoms with E-state index in [1.54, 1.807) is 25.1 Å². The van der Waals surface area contributed by atoms with Crippen LogP contribution in [0.15, 0.2) is 35.2 Å². The number of sulfone groups is 1. The predicted octanol–water partition coefficient (Wildman–Crippen LogP) is 0.757. The maximum Gasteiger partial charge on any atom is 0.325 e. The zero-order valence-electron chi connectivity index (χ0n) is 12.7. The Balaban J connectivity index is 2.25. The molecule has 0 radical (unpaired) electrons. The Bertz CT molecular complexity index is 769. The van der Waals surface area contributed by atoms with Gasteiger partial charge in [-0.1, -0.05) is 18.2 Å². The highest BCUT2D eigenvalue weighted by molar-refractivity contribution is 7.92. The summed E-state index contributed by atoms with van der Waals surface area (Å²) < 4.78 is 57.1. The fourth-order valence-corrected chi connectivity index (χ4v) is 4.95. The summed E-state index contributed by atoms with van der Waals surface area (Å²) in [6.45, 7) is 1.38. The normalized spacial score (nSPS) is 25.3. The first-order valence-electron chi connectivity index (χ1n) is 6.97. The van der Waals surface area contributed by atoms with E-state index in [4.69, 9.17) is 4.74 Å². The largest absolute Gasteiger partial charge is 0.461 e. The summed E-state index contributed by atoms with van der Waals surface area (Å²) in [6.07, 6.45) is 0.357. The molecule has 3 atom stereocenters. The van der Waals surface area contributed by atoms with Crippen LogP contribution in [0.5, 0.6) is 0 Å². The van der Waals surface area contributed by atoms with Crippen LogP contribution in [-0.2, 0) is 33.7 Å². The molecular weight excluding hydrogens is 344 g/mol. The van der Waals surface area contributed by atoms with Gasteiger partial charge in [0.05, 0.1) is 17.8 Å². The van der Waals surface area contributed by atoms with Crippen molar-refractivity contribution in [1.29, 1.82) is 0 Å². The zero-order chi connectivity index (χ0) is 17.3. The van der Waals surface area contributed by atoms with E-state index >= 15 is 0 Å². The lowest BCUT2D eigenvalue weighted by Gasteiger charge is -2.18. The van der Waals surface area contributed by atoms with Crippen LogP contribution in [0.4, 0.5) is 0 Å². The van der Waals surface area contributed by atoms with Crippen molar-refractivity contribution in [2.24, 2.45) is 5.92 Å². The van der Waals surface area contributed by atoms with Gasteiger partial charge in [-0.3, -0.25) is 8.98 Å². The molecule has 1 aromatic carbocycles. The van der Waals surface area contributed by atoms with Gasteiger partial charge in [-0.15, -0.1) is 0 Å². The molecule has 9 heteroatoms. The third-order valence-electron chi connectivity index (χ3n) is 3.68. The molecule has 2 rings (SSSR count).